The van der Waals surface area contributed by atoms with E-state index in [1.165, 1.54) is 12.1 Å². The van der Waals surface area contributed by atoms with Crippen molar-refractivity contribution in [1.29, 1.82) is 5.41 Å². The smallest absolute Gasteiger partial charge is 0.138 e. The van der Waals surface area contributed by atoms with Crippen LogP contribution in [-0.4, -0.2) is 10.8 Å². The number of amidine groups is 1. The van der Waals surface area contributed by atoms with Crippen molar-refractivity contribution in [3.8, 4) is 11.3 Å². The van der Waals surface area contributed by atoms with Gasteiger partial charge in [-0.25, -0.2) is 9.37 Å². The lowest BCUT2D eigenvalue weighted by Crippen LogP contribution is -2.14. The minimum Gasteiger partial charge on any atom is -0.384 e. The summed E-state index contributed by atoms with van der Waals surface area (Å²) < 4.78 is 16.8. The molecule has 0 atom stereocenters. The van der Waals surface area contributed by atoms with E-state index in [9.17, 15) is 4.39 Å². The number of halogens is 2. The van der Waals surface area contributed by atoms with Crippen molar-refractivity contribution in [2.45, 2.75) is 4.90 Å². The second kappa shape index (κ2) is 7.63. The van der Waals surface area contributed by atoms with Gasteiger partial charge in [0.1, 0.15) is 17.5 Å². The van der Waals surface area contributed by atoms with Gasteiger partial charge in [0, 0.05) is 16.3 Å². The molecule has 2 aromatic carbocycles. The Bertz CT molecular complexity index is 962. The first-order valence-corrected chi connectivity index (χ1v) is 8.73. The molecular formula is C18H15ClFN5S. The standard InChI is InChI=1S/C18H15ClFN5S/c19-11-3-7-14(20)16(9-11)26-25-12-4-1-10(2-5-12)15-8-6-13(17(21)22)18(23)24-15/h1-9,25H,(H3,21,22)(H2,23,24). The highest BCUT2D eigenvalue weighted by Gasteiger charge is 2.08. The molecule has 0 aliphatic carbocycles. The van der Waals surface area contributed by atoms with Crippen LogP contribution in [0.5, 0.6) is 0 Å². The van der Waals surface area contributed by atoms with Crippen LogP contribution in [-0.2, 0) is 0 Å². The molecule has 0 bridgehead atoms. The summed E-state index contributed by atoms with van der Waals surface area (Å²) in [7, 11) is 0. The molecule has 0 saturated carbocycles. The van der Waals surface area contributed by atoms with Gasteiger partial charge in [-0.1, -0.05) is 23.7 Å². The Hall–Kier alpha value is -2.77. The van der Waals surface area contributed by atoms with Gasteiger partial charge in [-0.05, 0) is 54.4 Å². The molecule has 6 N–H and O–H groups in total. The number of anilines is 2. The lowest BCUT2D eigenvalue weighted by Gasteiger charge is -2.09. The molecule has 3 rings (SSSR count). The third-order valence-electron chi connectivity index (χ3n) is 3.57. The maximum atomic E-state index is 13.7. The van der Waals surface area contributed by atoms with E-state index >= 15 is 0 Å². The van der Waals surface area contributed by atoms with Crippen molar-refractivity contribution >= 4 is 40.9 Å². The van der Waals surface area contributed by atoms with Gasteiger partial charge in [-0.15, -0.1) is 0 Å². The van der Waals surface area contributed by atoms with E-state index in [2.05, 4.69) is 9.71 Å². The molecular weight excluding hydrogens is 373 g/mol. The Morgan fingerprint density at radius 3 is 2.50 bits per heavy atom. The summed E-state index contributed by atoms with van der Waals surface area (Å²) in [6, 6.07) is 15.3. The van der Waals surface area contributed by atoms with Gasteiger partial charge in [0.2, 0.25) is 0 Å². The average Bonchev–Trinajstić information content (AvgIpc) is 2.62. The van der Waals surface area contributed by atoms with Gasteiger partial charge in [0.25, 0.3) is 0 Å². The topological polar surface area (TPSA) is 101 Å². The van der Waals surface area contributed by atoms with Gasteiger partial charge in [0.15, 0.2) is 0 Å². The highest BCUT2D eigenvalue weighted by atomic mass is 35.5. The minimum absolute atomic E-state index is 0.119. The molecule has 1 heterocycles. The summed E-state index contributed by atoms with van der Waals surface area (Å²) in [5.41, 5.74) is 14.0. The molecule has 0 spiro atoms. The zero-order chi connectivity index (χ0) is 18.7. The predicted molar refractivity (Wildman–Crippen MR) is 106 cm³/mol. The number of rotatable bonds is 5. The third kappa shape index (κ3) is 4.07. The SMILES string of the molecule is N=C(N)c1ccc(-c2ccc(NSc3cc(Cl)ccc3F)cc2)nc1N. The van der Waals surface area contributed by atoms with Gasteiger partial charge in [-0.3, -0.25) is 5.41 Å². The Kier molecular flexibility index (Phi) is 5.29. The lowest BCUT2D eigenvalue weighted by atomic mass is 10.1. The van der Waals surface area contributed by atoms with Gasteiger partial charge in [0.05, 0.1) is 16.2 Å². The van der Waals surface area contributed by atoms with Crippen molar-refractivity contribution in [3.63, 3.8) is 0 Å². The van der Waals surface area contributed by atoms with Crippen molar-refractivity contribution in [2.24, 2.45) is 5.73 Å². The van der Waals surface area contributed by atoms with Gasteiger partial charge in [-0.2, -0.15) is 0 Å². The zero-order valence-corrected chi connectivity index (χ0v) is 15.0. The number of nitrogens with one attached hydrogen (secondary N) is 2. The van der Waals surface area contributed by atoms with Crippen LogP contribution < -0.4 is 16.2 Å². The summed E-state index contributed by atoms with van der Waals surface area (Å²) in [5, 5.41) is 7.91. The second-order valence-electron chi connectivity index (χ2n) is 5.40. The van der Waals surface area contributed by atoms with Crippen molar-refractivity contribution in [3.05, 3.63) is 71.0 Å². The molecule has 0 aliphatic rings. The summed E-state index contributed by atoms with van der Waals surface area (Å²) in [6.07, 6.45) is 0. The van der Waals surface area contributed by atoms with E-state index in [-0.39, 0.29) is 17.5 Å². The van der Waals surface area contributed by atoms with E-state index in [1.807, 2.05) is 24.3 Å². The number of hydrogen-bond acceptors (Lipinski definition) is 5. The van der Waals surface area contributed by atoms with Gasteiger partial charge < -0.3 is 16.2 Å². The molecule has 8 heteroatoms. The fourth-order valence-electron chi connectivity index (χ4n) is 2.24. The summed E-state index contributed by atoms with van der Waals surface area (Å²) in [5.74, 6) is -0.246. The maximum Gasteiger partial charge on any atom is 0.138 e. The molecule has 1 aromatic heterocycles. The Labute approximate surface area is 159 Å². The first kappa shape index (κ1) is 18.0. The Morgan fingerprint density at radius 1 is 1.12 bits per heavy atom. The number of benzene rings is 2. The minimum atomic E-state index is -0.339. The van der Waals surface area contributed by atoms with E-state index in [4.69, 9.17) is 28.5 Å². The molecule has 0 radical (unpaired) electrons. The molecule has 0 fully saturated rings. The second-order valence-corrected chi connectivity index (χ2v) is 6.68. The van der Waals surface area contributed by atoms with Crippen molar-refractivity contribution in [2.75, 3.05) is 10.5 Å². The molecule has 0 aliphatic heterocycles. The van der Waals surface area contributed by atoms with Crippen LogP contribution in [0.3, 0.4) is 0 Å². The van der Waals surface area contributed by atoms with Crippen LogP contribution in [0.15, 0.2) is 59.5 Å². The first-order chi connectivity index (χ1) is 12.4. The Balaban J connectivity index is 1.73. The maximum absolute atomic E-state index is 13.7. The molecule has 5 nitrogen and oxygen atoms in total. The van der Waals surface area contributed by atoms with Crippen LogP contribution in [0, 0.1) is 11.2 Å². The fourth-order valence-corrected chi connectivity index (χ4v) is 3.19. The van der Waals surface area contributed by atoms with Gasteiger partial charge >= 0.3 is 0 Å². The summed E-state index contributed by atoms with van der Waals surface area (Å²) in [6.45, 7) is 0. The number of aromatic nitrogens is 1. The van der Waals surface area contributed by atoms with E-state index in [0.29, 0.717) is 21.2 Å². The van der Waals surface area contributed by atoms with Crippen molar-refractivity contribution in [1.82, 2.24) is 4.98 Å². The summed E-state index contributed by atoms with van der Waals surface area (Å²) in [4.78, 5) is 4.69. The quantitative estimate of drug-likeness (QED) is 0.293. The van der Waals surface area contributed by atoms with Crippen LogP contribution in [0.25, 0.3) is 11.3 Å². The lowest BCUT2D eigenvalue weighted by molar-refractivity contribution is 0.602. The van der Waals surface area contributed by atoms with E-state index in [0.717, 1.165) is 23.2 Å². The predicted octanol–water partition coefficient (Wildman–Crippen LogP) is 4.53. The number of pyridine rings is 1. The zero-order valence-electron chi connectivity index (χ0n) is 13.5. The molecule has 0 saturated heterocycles. The molecule has 0 amide bonds. The largest absolute Gasteiger partial charge is 0.384 e. The molecule has 0 unspecified atom stereocenters. The molecule has 3 aromatic rings. The molecule has 26 heavy (non-hydrogen) atoms. The highest BCUT2D eigenvalue weighted by Crippen LogP contribution is 2.28. The van der Waals surface area contributed by atoms with Crippen LogP contribution >= 0.6 is 23.5 Å². The molecule has 132 valence electrons. The number of nitrogen functional groups attached to an aromatic ring is 2. The summed E-state index contributed by atoms with van der Waals surface area (Å²) >= 11 is 7.03. The van der Waals surface area contributed by atoms with Crippen LogP contribution in [0.4, 0.5) is 15.9 Å². The van der Waals surface area contributed by atoms with E-state index < -0.39 is 0 Å². The first-order valence-electron chi connectivity index (χ1n) is 7.53. The van der Waals surface area contributed by atoms with Crippen LogP contribution in [0.2, 0.25) is 5.02 Å². The van der Waals surface area contributed by atoms with Crippen LogP contribution in [0.1, 0.15) is 5.56 Å². The number of hydrogen-bond donors (Lipinski definition) is 4. The number of nitrogens with two attached hydrogens (primary N) is 2. The monoisotopic (exact) mass is 387 g/mol. The van der Waals surface area contributed by atoms with E-state index in [1.54, 1.807) is 18.2 Å². The third-order valence-corrected chi connectivity index (χ3v) is 4.67. The number of nitrogens with zero attached hydrogens (tertiary/aromatic N) is 1. The normalized spacial score (nSPS) is 10.5. The average molecular weight is 388 g/mol. The highest BCUT2D eigenvalue weighted by molar-refractivity contribution is 8.00. The van der Waals surface area contributed by atoms with Crippen molar-refractivity contribution < 1.29 is 4.39 Å². The fraction of sp³-hybridized carbons (Fsp3) is 0. The Morgan fingerprint density at radius 2 is 1.85 bits per heavy atom.